The Balaban J connectivity index is 3.17. The van der Waals surface area contributed by atoms with Gasteiger partial charge in [0, 0.05) is 5.56 Å². The smallest absolute Gasteiger partial charge is 0.416 e. The zero-order valence-corrected chi connectivity index (χ0v) is 12.9. The van der Waals surface area contributed by atoms with Gasteiger partial charge in [-0.25, -0.2) is 10.2 Å². The van der Waals surface area contributed by atoms with Gasteiger partial charge in [0.2, 0.25) is 0 Å². The van der Waals surface area contributed by atoms with Crippen molar-refractivity contribution in [1.82, 2.24) is 5.43 Å². The molecule has 1 N–H and O–H groups in total. The fraction of sp³-hybridized carbons (Fsp3) is 0.357. The molecule has 1 aromatic rings. The first-order chi connectivity index (χ1) is 11.4. The summed E-state index contributed by atoms with van der Waals surface area (Å²) >= 11 is 0. The second-order valence-corrected chi connectivity index (χ2v) is 4.65. The van der Waals surface area contributed by atoms with Crippen LogP contribution < -0.4 is 5.43 Å². The average molecular weight is 370 g/mol. The molecule has 5 nitrogen and oxygen atoms in total. The molecular weight excluding hydrogens is 358 g/mol. The van der Waals surface area contributed by atoms with Crippen LogP contribution in [0, 0.1) is 0 Å². The quantitative estimate of drug-likeness (QED) is 0.382. The van der Waals surface area contributed by atoms with E-state index in [1.54, 1.807) is 5.43 Å². The molecule has 0 aliphatic heterocycles. The normalized spacial score (nSPS) is 12.7. The van der Waals surface area contributed by atoms with Gasteiger partial charge in [-0.3, -0.25) is 4.79 Å². The molecule has 0 saturated heterocycles. The molecule has 11 heteroatoms. The number of benzene rings is 1. The van der Waals surface area contributed by atoms with E-state index in [2.05, 4.69) is 9.84 Å². The number of nitrogens with zero attached hydrogens (tertiary/aromatic N) is 1. The summed E-state index contributed by atoms with van der Waals surface area (Å²) in [5.41, 5.74) is -2.82. The molecule has 25 heavy (non-hydrogen) atoms. The standard InChI is InChI=1S/C14H12F6N2O3/c1-3-25-12(24)7(2)21-22-11(23)8-4-9(13(15,16)17)6-10(5-8)14(18,19)20/h4-6H,3H2,1-2H3,(H,22,23)/b21-7+. The predicted molar refractivity (Wildman–Crippen MR) is 73.7 cm³/mol. The predicted octanol–water partition coefficient (Wildman–Crippen LogP) is 3.39. The molecule has 0 atom stereocenters. The molecule has 1 aromatic carbocycles. The van der Waals surface area contributed by atoms with Gasteiger partial charge in [-0.15, -0.1) is 0 Å². The van der Waals surface area contributed by atoms with Crippen molar-refractivity contribution in [3.63, 3.8) is 0 Å². The third-order valence-corrected chi connectivity index (χ3v) is 2.75. The van der Waals surface area contributed by atoms with Crippen LogP contribution in [-0.4, -0.2) is 24.2 Å². The fourth-order valence-electron chi connectivity index (χ4n) is 1.57. The number of alkyl halides is 6. The lowest BCUT2D eigenvalue weighted by Crippen LogP contribution is -2.24. The number of rotatable bonds is 4. The maximum Gasteiger partial charge on any atom is 0.416 e. The Morgan fingerprint density at radius 1 is 1.04 bits per heavy atom. The minimum Gasteiger partial charge on any atom is -0.461 e. The summed E-state index contributed by atoms with van der Waals surface area (Å²) in [4.78, 5) is 23.0. The summed E-state index contributed by atoms with van der Waals surface area (Å²) in [7, 11) is 0. The van der Waals surface area contributed by atoms with E-state index >= 15 is 0 Å². The van der Waals surface area contributed by atoms with E-state index in [0.29, 0.717) is 0 Å². The molecule has 138 valence electrons. The molecule has 0 heterocycles. The first kappa shape index (κ1) is 20.5. The third kappa shape index (κ3) is 5.76. The number of amides is 1. The van der Waals surface area contributed by atoms with Gasteiger partial charge >= 0.3 is 18.3 Å². The molecule has 0 spiro atoms. The molecule has 0 radical (unpaired) electrons. The lowest BCUT2D eigenvalue weighted by Gasteiger charge is -2.13. The summed E-state index contributed by atoms with van der Waals surface area (Å²) in [5.74, 6) is -2.25. The van der Waals surface area contributed by atoms with E-state index in [1.807, 2.05) is 0 Å². The summed E-state index contributed by atoms with van der Waals surface area (Å²) in [6.07, 6.45) is -10.2. The van der Waals surface area contributed by atoms with E-state index in [4.69, 9.17) is 0 Å². The molecule has 0 saturated carbocycles. The van der Waals surface area contributed by atoms with Crippen molar-refractivity contribution in [3.05, 3.63) is 34.9 Å². The van der Waals surface area contributed by atoms with Crippen LogP contribution in [0.5, 0.6) is 0 Å². The Morgan fingerprint density at radius 2 is 1.52 bits per heavy atom. The van der Waals surface area contributed by atoms with Crippen LogP contribution in [0.1, 0.15) is 35.3 Å². The number of carbonyl (C=O) groups is 2. The zero-order valence-electron chi connectivity index (χ0n) is 12.9. The maximum atomic E-state index is 12.7. The molecule has 0 aromatic heterocycles. The number of carbonyl (C=O) groups excluding carboxylic acids is 2. The lowest BCUT2D eigenvalue weighted by molar-refractivity contribution is -0.143. The maximum absolute atomic E-state index is 12.7. The number of hydrogen-bond donors (Lipinski definition) is 1. The van der Waals surface area contributed by atoms with E-state index in [-0.39, 0.29) is 30.5 Å². The van der Waals surface area contributed by atoms with Gasteiger partial charge in [-0.1, -0.05) is 0 Å². The number of nitrogens with one attached hydrogen (secondary N) is 1. The van der Waals surface area contributed by atoms with Crippen molar-refractivity contribution in [3.8, 4) is 0 Å². The van der Waals surface area contributed by atoms with Crippen molar-refractivity contribution in [2.75, 3.05) is 6.61 Å². The molecule has 1 rings (SSSR count). The first-order valence-corrected chi connectivity index (χ1v) is 6.67. The fourth-order valence-corrected chi connectivity index (χ4v) is 1.57. The van der Waals surface area contributed by atoms with Crippen molar-refractivity contribution < 1.29 is 40.7 Å². The van der Waals surface area contributed by atoms with E-state index in [0.717, 1.165) is 6.92 Å². The third-order valence-electron chi connectivity index (χ3n) is 2.75. The molecule has 0 bridgehead atoms. The van der Waals surface area contributed by atoms with Crippen LogP contribution in [0.15, 0.2) is 23.3 Å². The lowest BCUT2D eigenvalue weighted by atomic mass is 10.0. The Bertz CT molecular complexity index is 663. The van der Waals surface area contributed by atoms with Crippen molar-refractivity contribution in [2.45, 2.75) is 26.2 Å². The van der Waals surface area contributed by atoms with Crippen LogP contribution in [0.3, 0.4) is 0 Å². The van der Waals surface area contributed by atoms with Crippen molar-refractivity contribution in [2.24, 2.45) is 5.10 Å². The van der Waals surface area contributed by atoms with Gasteiger partial charge in [-0.05, 0) is 32.0 Å². The monoisotopic (exact) mass is 370 g/mol. The zero-order chi connectivity index (χ0) is 19.4. The van der Waals surface area contributed by atoms with Crippen LogP contribution in [0.4, 0.5) is 26.3 Å². The minimum atomic E-state index is -5.08. The van der Waals surface area contributed by atoms with E-state index in [1.165, 1.54) is 6.92 Å². The summed E-state index contributed by atoms with van der Waals surface area (Å²) < 4.78 is 80.8. The Hall–Kier alpha value is -2.59. The Kier molecular flexibility index (Phi) is 6.16. The SMILES string of the molecule is CCOC(=O)/C(C)=N/NC(=O)c1cc(C(F)(F)F)cc(C(F)(F)F)c1. The van der Waals surface area contributed by atoms with Gasteiger partial charge < -0.3 is 4.74 Å². The Morgan fingerprint density at radius 3 is 1.92 bits per heavy atom. The molecule has 1 amide bonds. The highest BCUT2D eigenvalue weighted by atomic mass is 19.4. The van der Waals surface area contributed by atoms with Crippen molar-refractivity contribution in [1.29, 1.82) is 0 Å². The van der Waals surface area contributed by atoms with E-state index < -0.39 is 40.9 Å². The van der Waals surface area contributed by atoms with Crippen LogP contribution >= 0.6 is 0 Å². The van der Waals surface area contributed by atoms with Gasteiger partial charge in [0.05, 0.1) is 17.7 Å². The molecule has 0 fully saturated rings. The number of ether oxygens (including phenoxy) is 1. The van der Waals surface area contributed by atoms with Gasteiger partial charge in [-0.2, -0.15) is 31.4 Å². The molecule has 0 aliphatic carbocycles. The molecule has 0 aliphatic rings. The van der Waals surface area contributed by atoms with Crippen LogP contribution in [0.2, 0.25) is 0 Å². The highest BCUT2D eigenvalue weighted by Gasteiger charge is 2.37. The molecular formula is C14H12F6N2O3. The highest BCUT2D eigenvalue weighted by Crippen LogP contribution is 2.36. The highest BCUT2D eigenvalue weighted by molar-refractivity contribution is 6.35. The number of esters is 1. The molecule has 0 unspecified atom stereocenters. The average Bonchev–Trinajstić information content (AvgIpc) is 2.50. The summed E-state index contributed by atoms with van der Waals surface area (Å²) in [5, 5.41) is 3.28. The van der Waals surface area contributed by atoms with Gasteiger partial charge in [0.15, 0.2) is 0 Å². The van der Waals surface area contributed by atoms with Crippen LogP contribution in [-0.2, 0) is 21.9 Å². The second-order valence-electron chi connectivity index (χ2n) is 4.65. The second kappa shape index (κ2) is 7.53. The Labute approximate surface area is 137 Å². The topological polar surface area (TPSA) is 67.8 Å². The summed E-state index contributed by atoms with van der Waals surface area (Å²) in [6, 6.07) is 0.392. The van der Waals surface area contributed by atoms with E-state index in [9.17, 15) is 35.9 Å². The summed E-state index contributed by atoms with van der Waals surface area (Å²) in [6.45, 7) is 2.67. The first-order valence-electron chi connectivity index (χ1n) is 6.67. The van der Waals surface area contributed by atoms with Gasteiger partial charge in [0.25, 0.3) is 5.91 Å². The number of hydrogen-bond acceptors (Lipinski definition) is 4. The largest absolute Gasteiger partial charge is 0.461 e. The number of hydrazone groups is 1. The van der Waals surface area contributed by atoms with Gasteiger partial charge in [0.1, 0.15) is 5.71 Å². The minimum absolute atomic E-state index is 0.0161. The number of halogens is 6. The van der Waals surface area contributed by atoms with Crippen molar-refractivity contribution >= 4 is 17.6 Å². The van der Waals surface area contributed by atoms with Crippen LogP contribution in [0.25, 0.3) is 0 Å².